The maximum atomic E-state index is 5.96. The van der Waals surface area contributed by atoms with Gasteiger partial charge >= 0.3 is 0 Å². The van der Waals surface area contributed by atoms with Crippen molar-refractivity contribution >= 4 is 22.6 Å². The van der Waals surface area contributed by atoms with Gasteiger partial charge in [0.25, 0.3) is 0 Å². The summed E-state index contributed by atoms with van der Waals surface area (Å²) in [5, 5.41) is 0. The van der Waals surface area contributed by atoms with Gasteiger partial charge in [-0.15, -0.1) is 0 Å². The first-order chi connectivity index (χ1) is 7.68. The van der Waals surface area contributed by atoms with Crippen LogP contribution in [0.4, 0.5) is 0 Å². The number of rotatable bonds is 10. The Labute approximate surface area is 114 Å². The van der Waals surface area contributed by atoms with Crippen molar-refractivity contribution in [2.24, 2.45) is 0 Å². The molecular weight excluding hydrogens is 315 g/mol. The average Bonchev–Trinajstić information content (AvgIpc) is 2.30. The molecule has 0 N–H and O–H groups in total. The summed E-state index contributed by atoms with van der Waals surface area (Å²) in [6.45, 7) is 8.59. The summed E-state index contributed by atoms with van der Waals surface area (Å²) in [6, 6.07) is 0. The molecule has 0 aromatic carbocycles. The molecule has 0 amide bonds. The van der Waals surface area contributed by atoms with E-state index in [1.807, 2.05) is 6.92 Å². The summed E-state index contributed by atoms with van der Waals surface area (Å²) in [7, 11) is 0. The van der Waals surface area contributed by atoms with Crippen LogP contribution in [0, 0.1) is 0 Å². The van der Waals surface area contributed by atoms with E-state index in [0.717, 1.165) is 19.4 Å². The summed E-state index contributed by atoms with van der Waals surface area (Å²) in [6.07, 6.45) is 6.73. The van der Waals surface area contributed by atoms with Crippen molar-refractivity contribution in [3.8, 4) is 0 Å². The van der Waals surface area contributed by atoms with Crippen molar-refractivity contribution in [2.75, 3.05) is 19.8 Å². The zero-order chi connectivity index (χ0) is 12.3. The summed E-state index contributed by atoms with van der Waals surface area (Å²) >= 11 is 2.26. The minimum atomic E-state index is -0.0191. The van der Waals surface area contributed by atoms with Gasteiger partial charge in [0.15, 0.2) is 0 Å². The van der Waals surface area contributed by atoms with Crippen molar-refractivity contribution < 1.29 is 9.47 Å². The monoisotopic (exact) mass is 340 g/mol. The van der Waals surface area contributed by atoms with Crippen LogP contribution in [0.25, 0.3) is 0 Å². The van der Waals surface area contributed by atoms with Crippen molar-refractivity contribution in [2.45, 2.75) is 52.1 Å². The molecule has 1 unspecified atom stereocenters. The van der Waals surface area contributed by atoms with Crippen LogP contribution in [0.1, 0.15) is 46.5 Å². The Morgan fingerprint density at radius 2 is 2.00 bits per heavy atom. The van der Waals surface area contributed by atoms with E-state index < -0.39 is 0 Å². The standard InChI is InChI=1S/C13H25IO2/c1-4-6-8-13(3,9-7-10-14)16-12-11-15-5-2/h7,10H,4-6,8-9,11-12H2,1-3H3. The van der Waals surface area contributed by atoms with E-state index in [4.69, 9.17) is 9.47 Å². The van der Waals surface area contributed by atoms with Crippen molar-refractivity contribution in [1.82, 2.24) is 0 Å². The molecule has 16 heavy (non-hydrogen) atoms. The van der Waals surface area contributed by atoms with Gasteiger partial charge < -0.3 is 9.47 Å². The zero-order valence-corrected chi connectivity index (χ0v) is 13.0. The minimum Gasteiger partial charge on any atom is -0.379 e. The number of hydrogen-bond acceptors (Lipinski definition) is 2. The normalized spacial score (nSPS) is 15.5. The lowest BCUT2D eigenvalue weighted by atomic mass is 9.95. The molecule has 0 aromatic heterocycles. The van der Waals surface area contributed by atoms with Gasteiger partial charge in [-0.2, -0.15) is 0 Å². The van der Waals surface area contributed by atoms with Gasteiger partial charge in [0.2, 0.25) is 0 Å². The second-order valence-corrected chi connectivity index (χ2v) is 4.88. The molecule has 1 atom stereocenters. The SMILES string of the molecule is CCCCC(C)(CC=CI)OCCOCC. The van der Waals surface area contributed by atoms with E-state index >= 15 is 0 Å². The molecular formula is C13H25IO2. The fourth-order valence-corrected chi connectivity index (χ4v) is 1.82. The van der Waals surface area contributed by atoms with Crippen LogP contribution in [0.3, 0.4) is 0 Å². The summed E-state index contributed by atoms with van der Waals surface area (Å²) < 4.78 is 13.3. The number of ether oxygens (including phenoxy) is 2. The fourth-order valence-electron chi connectivity index (χ4n) is 1.57. The Morgan fingerprint density at radius 1 is 1.25 bits per heavy atom. The molecule has 0 heterocycles. The fraction of sp³-hybridized carbons (Fsp3) is 0.846. The minimum absolute atomic E-state index is 0.0191. The smallest absolute Gasteiger partial charge is 0.0708 e. The van der Waals surface area contributed by atoms with Gasteiger partial charge in [-0.1, -0.05) is 48.4 Å². The summed E-state index contributed by atoms with van der Waals surface area (Å²) in [5.74, 6) is 0. The first-order valence-corrected chi connectivity index (χ1v) is 7.40. The number of unbranched alkanes of at least 4 members (excludes halogenated alkanes) is 1. The van der Waals surface area contributed by atoms with Crippen molar-refractivity contribution in [3.05, 3.63) is 10.2 Å². The molecule has 0 bridgehead atoms. The third-order valence-electron chi connectivity index (χ3n) is 2.58. The van der Waals surface area contributed by atoms with Gasteiger partial charge in [0, 0.05) is 6.61 Å². The molecule has 0 radical (unpaired) electrons. The highest BCUT2D eigenvalue weighted by Gasteiger charge is 2.22. The van der Waals surface area contributed by atoms with Crippen LogP contribution in [0.5, 0.6) is 0 Å². The lowest BCUT2D eigenvalue weighted by Crippen LogP contribution is -2.29. The molecule has 0 aliphatic rings. The van der Waals surface area contributed by atoms with Crippen molar-refractivity contribution in [3.63, 3.8) is 0 Å². The summed E-state index contributed by atoms with van der Waals surface area (Å²) in [4.78, 5) is 0. The lowest BCUT2D eigenvalue weighted by molar-refractivity contribution is -0.0595. The maximum Gasteiger partial charge on any atom is 0.0708 e. The number of hydrogen-bond donors (Lipinski definition) is 0. The van der Waals surface area contributed by atoms with Crippen LogP contribution in [0.15, 0.2) is 10.2 Å². The highest BCUT2D eigenvalue weighted by molar-refractivity contribution is 14.1. The molecule has 0 aliphatic heterocycles. The van der Waals surface area contributed by atoms with E-state index in [1.165, 1.54) is 12.8 Å². The molecule has 96 valence electrons. The Balaban J connectivity index is 3.96. The second kappa shape index (κ2) is 10.5. The molecule has 0 saturated carbocycles. The Hall–Kier alpha value is 0.390. The van der Waals surface area contributed by atoms with Gasteiger partial charge in [-0.3, -0.25) is 0 Å². The van der Waals surface area contributed by atoms with Crippen LogP contribution in [-0.2, 0) is 9.47 Å². The third kappa shape index (κ3) is 8.53. The van der Waals surface area contributed by atoms with Gasteiger partial charge in [0.05, 0.1) is 18.8 Å². The quantitative estimate of drug-likeness (QED) is 0.435. The number of halogens is 1. The van der Waals surface area contributed by atoms with E-state index in [2.05, 4.69) is 46.6 Å². The van der Waals surface area contributed by atoms with Gasteiger partial charge in [0.1, 0.15) is 0 Å². The zero-order valence-electron chi connectivity index (χ0n) is 10.8. The van der Waals surface area contributed by atoms with Crippen LogP contribution in [-0.4, -0.2) is 25.4 Å². The van der Waals surface area contributed by atoms with Crippen molar-refractivity contribution in [1.29, 1.82) is 0 Å². The summed E-state index contributed by atoms with van der Waals surface area (Å²) in [5.41, 5.74) is -0.0191. The molecule has 0 aliphatic carbocycles. The average molecular weight is 340 g/mol. The van der Waals surface area contributed by atoms with E-state index in [9.17, 15) is 0 Å². The Kier molecular flexibility index (Phi) is 10.8. The third-order valence-corrected chi connectivity index (χ3v) is 3.09. The molecule has 0 aromatic rings. The van der Waals surface area contributed by atoms with Crippen LogP contribution < -0.4 is 0 Å². The Morgan fingerprint density at radius 3 is 2.56 bits per heavy atom. The molecule has 0 spiro atoms. The first kappa shape index (κ1) is 16.4. The van der Waals surface area contributed by atoms with Gasteiger partial charge in [-0.05, 0) is 30.8 Å². The van der Waals surface area contributed by atoms with Crippen LogP contribution >= 0.6 is 22.6 Å². The van der Waals surface area contributed by atoms with E-state index in [-0.39, 0.29) is 5.60 Å². The molecule has 0 fully saturated rings. The molecule has 3 heteroatoms. The van der Waals surface area contributed by atoms with E-state index in [1.54, 1.807) is 0 Å². The highest BCUT2D eigenvalue weighted by atomic mass is 127. The first-order valence-electron chi connectivity index (χ1n) is 6.15. The largest absolute Gasteiger partial charge is 0.379 e. The second-order valence-electron chi connectivity index (χ2n) is 4.16. The topological polar surface area (TPSA) is 18.5 Å². The molecule has 2 nitrogen and oxygen atoms in total. The predicted octanol–water partition coefficient (Wildman–Crippen LogP) is 4.33. The maximum absolute atomic E-state index is 5.96. The van der Waals surface area contributed by atoms with Crippen LogP contribution in [0.2, 0.25) is 0 Å². The lowest BCUT2D eigenvalue weighted by Gasteiger charge is -2.29. The molecule has 0 saturated heterocycles. The molecule has 0 rings (SSSR count). The van der Waals surface area contributed by atoms with Gasteiger partial charge in [-0.25, -0.2) is 0 Å². The highest BCUT2D eigenvalue weighted by Crippen LogP contribution is 2.23. The van der Waals surface area contributed by atoms with E-state index in [0.29, 0.717) is 13.2 Å². The Bertz CT molecular complexity index is 183. The predicted molar refractivity (Wildman–Crippen MR) is 78.2 cm³/mol.